The predicted octanol–water partition coefficient (Wildman–Crippen LogP) is 2.94. The van der Waals surface area contributed by atoms with Gasteiger partial charge in [-0.15, -0.1) is 11.6 Å². The Balaban J connectivity index is 2.30. The fourth-order valence-electron chi connectivity index (χ4n) is 1.76. The van der Waals surface area contributed by atoms with Crippen molar-refractivity contribution in [3.8, 4) is 0 Å². The summed E-state index contributed by atoms with van der Waals surface area (Å²) in [6.07, 6.45) is 4.45. The van der Waals surface area contributed by atoms with E-state index >= 15 is 0 Å². The molecule has 0 saturated heterocycles. The molecule has 0 aliphatic heterocycles. The second-order valence-corrected chi connectivity index (χ2v) is 4.96. The highest BCUT2D eigenvalue weighted by atomic mass is 35.5. The van der Waals surface area contributed by atoms with Crippen LogP contribution in [0.1, 0.15) is 44.1 Å². The lowest BCUT2D eigenvalue weighted by Gasteiger charge is -2.21. The van der Waals surface area contributed by atoms with Gasteiger partial charge in [0.2, 0.25) is 0 Å². The minimum absolute atomic E-state index is 0.349. The van der Waals surface area contributed by atoms with Crippen molar-refractivity contribution in [2.75, 3.05) is 11.9 Å². The van der Waals surface area contributed by atoms with Crippen LogP contribution in [-0.4, -0.2) is 23.1 Å². The van der Waals surface area contributed by atoms with Crippen LogP contribution < -0.4 is 4.90 Å². The first-order chi connectivity index (χ1) is 7.63. The van der Waals surface area contributed by atoms with Gasteiger partial charge in [0.05, 0.1) is 23.5 Å². The van der Waals surface area contributed by atoms with E-state index < -0.39 is 0 Å². The smallest absolute Gasteiger partial charge is 0.131 e. The summed E-state index contributed by atoms with van der Waals surface area (Å²) in [4.78, 5) is 11.2. The maximum atomic E-state index is 5.96. The van der Waals surface area contributed by atoms with Crippen molar-refractivity contribution in [3.63, 3.8) is 0 Å². The Bertz CT molecular complexity index is 375. The normalized spacial score (nSPS) is 15.6. The third-order valence-electron chi connectivity index (χ3n) is 2.98. The lowest BCUT2D eigenvalue weighted by atomic mass is 10.2. The molecule has 0 unspecified atom stereocenters. The van der Waals surface area contributed by atoms with Crippen LogP contribution in [0.5, 0.6) is 0 Å². The van der Waals surface area contributed by atoms with E-state index in [1.807, 2.05) is 6.20 Å². The molecule has 4 heteroatoms. The van der Waals surface area contributed by atoms with Crippen molar-refractivity contribution in [3.05, 3.63) is 17.7 Å². The number of hydrogen-bond acceptors (Lipinski definition) is 3. The summed E-state index contributed by atoms with van der Waals surface area (Å²) in [5, 5.41) is 0. The van der Waals surface area contributed by atoms with Gasteiger partial charge < -0.3 is 4.90 Å². The van der Waals surface area contributed by atoms with E-state index in [-0.39, 0.29) is 0 Å². The van der Waals surface area contributed by atoms with E-state index in [0.29, 0.717) is 17.8 Å². The largest absolute Gasteiger partial charge is 0.369 e. The van der Waals surface area contributed by atoms with E-state index in [0.717, 1.165) is 17.2 Å². The summed E-state index contributed by atoms with van der Waals surface area (Å²) in [6.45, 7) is 4.19. The van der Waals surface area contributed by atoms with Crippen LogP contribution >= 0.6 is 11.6 Å². The fraction of sp³-hybridized carbons (Fsp3) is 0.667. The molecule has 16 heavy (non-hydrogen) atoms. The maximum absolute atomic E-state index is 5.96. The van der Waals surface area contributed by atoms with Gasteiger partial charge in [-0.05, 0) is 12.8 Å². The Kier molecular flexibility index (Phi) is 3.33. The quantitative estimate of drug-likeness (QED) is 0.757. The topological polar surface area (TPSA) is 29.0 Å². The van der Waals surface area contributed by atoms with Gasteiger partial charge >= 0.3 is 0 Å². The number of anilines is 1. The zero-order valence-corrected chi connectivity index (χ0v) is 10.8. The van der Waals surface area contributed by atoms with Gasteiger partial charge in [-0.3, -0.25) is 0 Å². The summed E-state index contributed by atoms with van der Waals surface area (Å²) >= 11 is 5.96. The molecule has 1 aromatic rings. The Morgan fingerprint density at radius 2 is 2.19 bits per heavy atom. The second kappa shape index (κ2) is 4.58. The molecule has 0 radical (unpaired) electrons. The standard InChI is InChI=1S/C12H18ClN3/c1-8(2)12-14-7-11(10(6-13)15-12)16(3)9-4-5-9/h7-9H,4-6H2,1-3H3. The van der Waals surface area contributed by atoms with Crippen molar-refractivity contribution in [2.24, 2.45) is 0 Å². The molecule has 2 rings (SSSR count). The van der Waals surface area contributed by atoms with Crippen molar-refractivity contribution in [1.82, 2.24) is 9.97 Å². The first kappa shape index (κ1) is 11.6. The monoisotopic (exact) mass is 239 g/mol. The number of halogens is 1. The molecule has 1 aromatic heterocycles. The highest BCUT2D eigenvalue weighted by Gasteiger charge is 2.28. The third-order valence-corrected chi connectivity index (χ3v) is 3.23. The molecule has 1 heterocycles. The highest BCUT2D eigenvalue weighted by Crippen LogP contribution is 2.32. The fourth-order valence-corrected chi connectivity index (χ4v) is 1.95. The minimum Gasteiger partial charge on any atom is -0.369 e. The van der Waals surface area contributed by atoms with Gasteiger partial charge in [-0.1, -0.05) is 13.8 Å². The molecule has 0 aromatic carbocycles. The van der Waals surface area contributed by atoms with Gasteiger partial charge in [0.15, 0.2) is 0 Å². The van der Waals surface area contributed by atoms with Crippen molar-refractivity contribution in [1.29, 1.82) is 0 Å². The number of alkyl halides is 1. The van der Waals surface area contributed by atoms with Crippen LogP contribution in [0.3, 0.4) is 0 Å². The Morgan fingerprint density at radius 3 is 2.69 bits per heavy atom. The molecule has 0 bridgehead atoms. The number of rotatable bonds is 4. The zero-order chi connectivity index (χ0) is 11.7. The van der Waals surface area contributed by atoms with E-state index in [1.165, 1.54) is 12.8 Å². The first-order valence-corrected chi connectivity index (χ1v) is 6.31. The Morgan fingerprint density at radius 1 is 1.50 bits per heavy atom. The van der Waals surface area contributed by atoms with Crippen LogP contribution in [0, 0.1) is 0 Å². The van der Waals surface area contributed by atoms with Crippen molar-refractivity contribution >= 4 is 17.3 Å². The van der Waals surface area contributed by atoms with Gasteiger partial charge in [0.1, 0.15) is 5.82 Å². The Labute approximate surface area is 102 Å². The summed E-state index contributed by atoms with van der Waals surface area (Å²) in [6, 6.07) is 0.662. The number of aromatic nitrogens is 2. The van der Waals surface area contributed by atoms with E-state index in [9.17, 15) is 0 Å². The van der Waals surface area contributed by atoms with Crippen LogP contribution in [0.15, 0.2) is 6.20 Å². The zero-order valence-electron chi connectivity index (χ0n) is 10.1. The van der Waals surface area contributed by atoms with Gasteiger partial charge in [0.25, 0.3) is 0 Å². The van der Waals surface area contributed by atoms with Crippen LogP contribution in [-0.2, 0) is 5.88 Å². The summed E-state index contributed by atoms with van der Waals surface area (Å²) in [5.41, 5.74) is 2.04. The molecular formula is C12H18ClN3. The summed E-state index contributed by atoms with van der Waals surface area (Å²) in [5.74, 6) is 1.68. The van der Waals surface area contributed by atoms with Crippen molar-refractivity contribution in [2.45, 2.75) is 44.5 Å². The summed E-state index contributed by atoms with van der Waals surface area (Å²) < 4.78 is 0. The molecule has 0 atom stereocenters. The Hall–Kier alpha value is -0.830. The molecule has 1 saturated carbocycles. The summed E-state index contributed by atoms with van der Waals surface area (Å²) in [7, 11) is 2.10. The second-order valence-electron chi connectivity index (χ2n) is 4.69. The molecule has 1 fully saturated rings. The predicted molar refractivity (Wildman–Crippen MR) is 67.1 cm³/mol. The van der Waals surface area contributed by atoms with Crippen molar-refractivity contribution < 1.29 is 0 Å². The molecule has 88 valence electrons. The lowest BCUT2D eigenvalue weighted by molar-refractivity contribution is 0.758. The lowest BCUT2D eigenvalue weighted by Crippen LogP contribution is -2.22. The van der Waals surface area contributed by atoms with E-state index in [4.69, 9.17) is 11.6 Å². The van der Waals surface area contributed by atoms with Crippen LogP contribution in [0.25, 0.3) is 0 Å². The van der Waals surface area contributed by atoms with Gasteiger partial charge in [0, 0.05) is 19.0 Å². The molecule has 0 N–H and O–H groups in total. The highest BCUT2D eigenvalue weighted by molar-refractivity contribution is 6.17. The molecule has 1 aliphatic carbocycles. The molecule has 0 spiro atoms. The minimum atomic E-state index is 0.349. The number of hydrogen-bond donors (Lipinski definition) is 0. The average Bonchev–Trinajstić information content (AvgIpc) is 3.11. The van der Waals surface area contributed by atoms with Crippen LogP contribution in [0.4, 0.5) is 5.69 Å². The average molecular weight is 240 g/mol. The molecular weight excluding hydrogens is 222 g/mol. The molecule has 3 nitrogen and oxygen atoms in total. The number of nitrogens with zero attached hydrogens (tertiary/aromatic N) is 3. The maximum Gasteiger partial charge on any atom is 0.131 e. The van der Waals surface area contributed by atoms with Gasteiger partial charge in [-0.2, -0.15) is 0 Å². The SMILES string of the molecule is CC(C)c1ncc(N(C)C2CC2)c(CCl)n1. The van der Waals surface area contributed by atoms with E-state index in [1.54, 1.807) is 0 Å². The first-order valence-electron chi connectivity index (χ1n) is 5.78. The third kappa shape index (κ3) is 2.29. The molecule has 0 amide bonds. The van der Waals surface area contributed by atoms with Crippen LogP contribution in [0.2, 0.25) is 0 Å². The van der Waals surface area contributed by atoms with Gasteiger partial charge in [-0.25, -0.2) is 9.97 Å². The molecule has 1 aliphatic rings. The van der Waals surface area contributed by atoms with E-state index in [2.05, 4.69) is 35.8 Å².